The average Bonchev–Trinajstić information content (AvgIpc) is 2.39. The third-order valence-electron chi connectivity index (χ3n) is 2.06. The van der Waals surface area contributed by atoms with Crippen LogP contribution < -0.4 is 4.74 Å². The molecule has 5 nitrogen and oxygen atoms in total. The first-order valence-electron chi connectivity index (χ1n) is 4.61. The minimum Gasteiger partial charge on any atom is -0.495 e. The minimum atomic E-state index is 0.502. The summed E-state index contributed by atoms with van der Waals surface area (Å²) in [6.07, 6.45) is 5.37. The van der Waals surface area contributed by atoms with E-state index in [9.17, 15) is 4.79 Å². The van der Waals surface area contributed by atoms with E-state index >= 15 is 0 Å². The second kappa shape index (κ2) is 4.48. The molecule has 0 fully saturated rings. The van der Waals surface area contributed by atoms with Crippen LogP contribution >= 0.6 is 0 Å². The summed E-state index contributed by atoms with van der Waals surface area (Å²) in [6.45, 7) is 0. The van der Waals surface area contributed by atoms with E-state index in [1.54, 1.807) is 25.4 Å². The Kier molecular flexibility index (Phi) is 2.86. The normalized spacial score (nSPS) is 9.81. The van der Waals surface area contributed by atoms with E-state index in [4.69, 9.17) is 4.74 Å². The number of aromatic nitrogens is 3. The van der Waals surface area contributed by atoms with Crippen LogP contribution in [0.25, 0.3) is 11.3 Å². The monoisotopic (exact) mass is 215 g/mol. The van der Waals surface area contributed by atoms with E-state index in [0.717, 1.165) is 11.8 Å². The van der Waals surface area contributed by atoms with Crippen LogP contribution in [0.15, 0.2) is 30.7 Å². The SMILES string of the molecule is COc1cnnc(-c2cncc(C=O)c2)c1. The van der Waals surface area contributed by atoms with Crippen molar-refractivity contribution < 1.29 is 9.53 Å². The number of hydrogen-bond acceptors (Lipinski definition) is 5. The third kappa shape index (κ3) is 2.03. The number of hydrogen-bond donors (Lipinski definition) is 0. The molecular weight excluding hydrogens is 206 g/mol. The molecule has 0 amide bonds. The number of rotatable bonds is 3. The van der Waals surface area contributed by atoms with Crippen LogP contribution in [0.3, 0.4) is 0 Å². The summed E-state index contributed by atoms with van der Waals surface area (Å²) in [5.74, 6) is 0.613. The molecule has 0 aliphatic rings. The second-order valence-electron chi connectivity index (χ2n) is 3.11. The highest BCUT2D eigenvalue weighted by atomic mass is 16.5. The lowest BCUT2D eigenvalue weighted by Crippen LogP contribution is -1.92. The Hall–Kier alpha value is -2.30. The van der Waals surface area contributed by atoms with Crippen molar-refractivity contribution in [3.63, 3.8) is 0 Å². The fourth-order valence-electron chi connectivity index (χ4n) is 1.26. The van der Waals surface area contributed by atoms with Crippen LogP contribution in [-0.4, -0.2) is 28.6 Å². The zero-order valence-corrected chi connectivity index (χ0v) is 8.62. The lowest BCUT2D eigenvalue weighted by atomic mass is 10.1. The van der Waals surface area contributed by atoms with Gasteiger partial charge < -0.3 is 4.74 Å². The predicted octanol–water partition coefficient (Wildman–Crippen LogP) is 1.36. The predicted molar refractivity (Wildman–Crippen MR) is 57.2 cm³/mol. The molecule has 0 N–H and O–H groups in total. The number of pyridine rings is 1. The molecule has 0 atom stereocenters. The highest BCUT2D eigenvalue weighted by Gasteiger charge is 2.03. The van der Waals surface area contributed by atoms with Crippen molar-refractivity contribution in [3.05, 3.63) is 36.3 Å². The Labute approximate surface area is 92.1 Å². The van der Waals surface area contributed by atoms with Crippen molar-refractivity contribution in [2.75, 3.05) is 7.11 Å². The summed E-state index contributed by atoms with van der Waals surface area (Å²) in [7, 11) is 1.56. The van der Waals surface area contributed by atoms with Crippen LogP contribution in [0.4, 0.5) is 0 Å². The number of methoxy groups -OCH3 is 1. The molecule has 2 heterocycles. The van der Waals surface area contributed by atoms with E-state index < -0.39 is 0 Å². The molecule has 0 radical (unpaired) electrons. The standard InChI is InChI=1S/C11H9N3O2/c1-16-10-3-11(14-13-6-10)9-2-8(7-15)4-12-5-9/h2-7H,1H3. The van der Waals surface area contributed by atoms with Gasteiger partial charge >= 0.3 is 0 Å². The van der Waals surface area contributed by atoms with Gasteiger partial charge in [-0.3, -0.25) is 9.78 Å². The molecule has 2 rings (SSSR count). The lowest BCUT2D eigenvalue weighted by molar-refractivity contribution is 0.112. The van der Waals surface area contributed by atoms with Crippen LogP contribution in [0.2, 0.25) is 0 Å². The van der Waals surface area contributed by atoms with Crippen LogP contribution in [0, 0.1) is 0 Å². The highest BCUT2D eigenvalue weighted by Crippen LogP contribution is 2.19. The van der Waals surface area contributed by atoms with Crippen molar-refractivity contribution in [3.8, 4) is 17.0 Å². The maximum absolute atomic E-state index is 10.6. The van der Waals surface area contributed by atoms with Crippen molar-refractivity contribution in [2.24, 2.45) is 0 Å². The van der Waals surface area contributed by atoms with Crippen molar-refractivity contribution in [1.82, 2.24) is 15.2 Å². The molecule has 0 aliphatic heterocycles. The van der Waals surface area contributed by atoms with Gasteiger partial charge in [-0.25, -0.2) is 0 Å². The van der Waals surface area contributed by atoms with Gasteiger partial charge in [0, 0.05) is 29.6 Å². The van der Waals surface area contributed by atoms with E-state index in [1.165, 1.54) is 12.4 Å². The van der Waals surface area contributed by atoms with Gasteiger partial charge in [-0.1, -0.05) is 0 Å². The van der Waals surface area contributed by atoms with Crippen LogP contribution in [-0.2, 0) is 0 Å². The molecule has 0 saturated heterocycles. The number of carbonyl (C=O) groups is 1. The zero-order chi connectivity index (χ0) is 11.4. The first-order chi connectivity index (χ1) is 7.83. The number of ether oxygens (including phenoxy) is 1. The third-order valence-corrected chi connectivity index (χ3v) is 2.06. The summed E-state index contributed by atoms with van der Waals surface area (Å²) in [5.41, 5.74) is 1.86. The van der Waals surface area contributed by atoms with Crippen molar-refractivity contribution in [2.45, 2.75) is 0 Å². The Bertz CT molecular complexity index is 514. The fourth-order valence-corrected chi connectivity index (χ4v) is 1.26. The quantitative estimate of drug-likeness (QED) is 0.723. The van der Waals surface area contributed by atoms with Crippen molar-refractivity contribution >= 4 is 6.29 Å². The van der Waals surface area contributed by atoms with Gasteiger partial charge in [0.15, 0.2) is 6.29 Å². The molecule has 0 aliphatic carbocycles. The van der Waals surface area contributed by atoms with E-state index in [2.05, 4.69) is 15.2 Å². The maximum Gasteiger partial charge on any atom is 0.151 e. The number of aldehydes is 1. The first kappa shape index (κ1) is 10.2. The van der Waals surface area contributed by atoms with E-state index in [1.807, 2.05) is 0 Å². The van der Waals surface area contributed by atoms with E-state index in [0.29, 0.717) is 17.0 Å². The lowest BCUT2D eigenvalue weighted by Gasteiger charge is -2.02. The van der Waals surface area contributed by atoms with Crippen LogP contribution in [0.5, 0.6) is 5.75 Å². The molecule has 0 saturated carbocycles. The van der Waals surface area contributed by atoms with E-state index in [-0.39, 0.29) is 0 Å². The Morgan fingerprint density at radius 2 is 2.12 bits per heavy atom. The smallest absolute Gasteiger partial charge is 0.151 e. The summed E-state index contributed by atoms with van der Waals surface area (Å²) in [6, 6.07) is 3.43. The molecule has 0 bridgehead atoms. The second-order valence-corrected chi connectivity index (χ2v) is 3.11. The average molecular weight is 215 g/mol. The molecule has 2 aromatic heterocycles. The van der Waals surface area contributed by atoms with Gasteiger partial charge in [-0.15, -0.1) is 0 Å². The maximum atomic E-state index is 10.6. The largest absolute Gasteiger partial charge is 0.495 e. The Morgan fingerprint density at radius 3 is 2.88 bits per heavy atom. The molecule has 16 heavy (non-hydrogen) atoms. The topological polar surface area (TPSA) is 65.0 Å². The summed E-state index contributed by atoms with van der Waals surface area (Å²) in [4.78, 5) is 14.6. The minimum absolute atomic E-state index is 0.502. The molecular formula is C11H9N3O2. The van der Waals surface area contributed by atoms with Gasteiger partial charge in [0.05, 0.1) is 19.0 Å². The van der Waals surface area contributed by atoms with Gasteiger partial charge in [0.1, 0.15) is 5.75 Å². The van der Waals surface area contributed by atoms with Gasteiger partial charge in [0.2, 0.25) is 0 Å². The zero-order valence-electron chi connectivity index (χ0n) is 8.62. The molecule has 2 aromatic rings. The first-order valence-corrected chi connectivity index (χ1v) is 4.61. The molecule has 0 unspecified atom stereocenters. The molecule has 5 heteroatoms. The number of carbonyl (C=O) groups excluding carboxylic acids is 1. The fraction of sp³-hybridized carbons (Fsp3) is 0.0909. The Balaban J connectivity index is 2.45. The van der Waals surface area contributed by atoms with Gasteiger partial charge in [0.25, 0.3) is 0 Å². The molecule has 0 spiro atoms. The number of nitrogens with zero attached hydrogens (tertiary/aromatic N) is 3. The molecule has 80 valence electrons. The molecule has 0 aromatic carbocycles. The summed E-state index contributed by atoms with van der Waals surface area (Å²) in [5, 5.41) is 7.74. The van der Waals surface area contributed by atoms with Crippen LogP contribution in [0.1, 0.15) is 10.4 Å². The van der Waals surface area contributed by atoms with Gasteiger partial charge in [-0.05, 0) is 6.07 Å². The summed E-state index contributed by atoms with van der Waals surface area (Å²) < 4.78 is 5.04. The summed E-state index contributed by atoms with van der Waals surface area (Å²) >= 11 is 0. The van der Waals surface area contributed by atoms with Gasteiger partial charge in [-0.2, -0.15) is 10.2 Å². The Morgan fingerprint density at radius 1 is 1.25 bits per heavy atom. The highest BCUT2D eigenvalue weighted by molar-refractivity contribution is 5.77. The van der Waals surface area contributed by atoms with Crippen molar-refractivity contribution in [1.29, 1.82) is 0 Å².